The first-order valence-corrected chi connectivity index (χ1v) is 13.1. The van der Waals surface area contributed by atoms with E-state index in [0.717, 1.165) is 5.56 Å². The lowest BCUT2D eigenvalue weighted by molar-refractivity contribution is -0.256. The van der Waals surface area contributed by atoms with Crippen molar-refractivity contribution in [2.24, 2.45) is 11.5 Å². The first-order chi connectivity index (χ1) is 19.3. The number of primary amides is 1. The minimum atomic E-state index is -1.24. The third-order valence-electron chi connectivity index (χ3n) is 6.36. The van der Waals surface area contributed by atoms with Gasteiger partial charge in [0.1, 0.15) is 36.4 Å². The Morgan fingerprint density at radius 1 is 1.07 bits per heavy atom. The van der Waals surface area contributed by atoms with Crippen molar-refractivity contribution in [3.05, 3.63) is 35.9 Å². The average molecular weight is 582 g/mol. The molecule has 1 aromatic rings. The smallest absolute Gasteiger partial charge is 0.303 e. The summed E-state index contributed by atoms with van der Waals surface area (Å²) in [7, 11) is 0. The van der Waals surface area contributed by atoms with Gasteiger partial charge < -0.3 is 51.8 Å². The van der Waals surface area contributed by atoms with Crippen molar-refractivity contribution in [2.45, 2.75) is 89.0 Å². The number of nitrogens with two attached hydrogens (primary N) is 2. The van der Waals surface area contributed by atoms with Crippen LogP contribution in [-0.4, -0.2) is 95.2 Å². The van der Waals surface area contributed by atoms with Gasteiger partial charge in [0.05, 0.1) is 19.3 Å². The van der Waals surface area contributed by atoms with Gasteiger partial charge in [0.15, 0.2) is 6.29 Å². The predicted molar refractivity (Wildman–Crippen MR) is 142 cm³/mol. The fraction of sp³-hybridized carbons (Fsp3) is 0.577. The maximum atomic E-state index is 12.9. The summed E-state index contributed by atoms with van der Waals surface area (Å²) in [6.45, 7) is 3.66. The zero-order valence-corrected chi connectivity index (χ0v) is 23.1. The van der Waals surface area contributed by atoms with Crippen LogP contribution in [0.2, 0.25) is 0 Å². The number of aliphatic hydroxyl groups is 1. The van der Waals surface area contributed by atoms with Crippen LogP contribution in [0, 0.1) is 0 Å². The topological polar surface area (TPSA) is 242 Å². The highest BCUT2D eigenvalue weighted by atomic mass is 16.7. The van der Waals surface area contributed by atoms with Crippen LogP contribution in [0.1, 0.15) is 39.2 Å². The van der Waals surface area contributed by atoms with E-state index in [1.807, 2.05) is 30.3 Å². The van der Waals surface area contributed by atoms with E-state index in [2.05, 4.69) is 16.0 Å². The molecule has 15 nitrogen and oxygen atoms in total. The molecular weight excluding hydrogens is 542 g/mol. The number of benzene rings is 1. The number of aliphatic hydroxyl groups excluding tert-OH is 1. The lowest BCUT2D eigenvalue weighted by atomic mass is 9.94. The number of hydrogen-bond acceptors (Lipinski definition) is 10. The van der Waals surface area contributed by atoms with Gasteiger partial charge in [-0.05, 0) is 25.8 Å². The van der Waals surface area contributed by atoms with Crippen LogP contribution < -0.4 is 27.4 Å². The number of hydrogen-bond donors (Lipinski definition) is 7. The van der Waals surface area contributed by atoms with E-state index in [1.54, 1.807) is 0 Å². The molecule has 9 N–H and O–H groups in total. The molecule has 0 aliphatic carbocycles. The summed E-state index contributed by atoms with van der Waals surface area (Å²) in [4.78, 5) is 59.9. The highest BCUT2D eigenvalue weighted by Gasteiger charge is 2.47. The molecule has 0 unspecified atom stereocenters. The molecule has 228 valence electrons. The molecular formula is C26H39N5O10. The van der Waals surface area contributed by atoms with Gasteiger partial charge in [-0.25, -0.2) is 0 Å². The van der Waals surface area contributed by atoms with Crippen LogP contribution in [-0.2, 0) is 44.8 Å². The van der Waals surface area contributed by atoms with Gasteiger partial charge in [0.2, 0.25) is 23.6 Å². The molecule has 1 saturated heterocycles. The molecule has 0 aromatic heterocycles. The van der Waals surface area contributed by atoms with Crippen LogP contribution in [0.15, 0.2) is 30.3 Å². The Labute approximate surface area is 237 Å². The number of carboxylic acid groups (broad SMARTS) is 1. The number of amides is 4. The Kier molecular flexibility index (Phi) is 13.1. The van der Waals surface area contributed by atoms with Gasteiger partial charge in [-0.2, -0.15) is 0 Å². The van der Waals surface area contributed by atoms with E-state index in [1.165, 1.54) is 20.8 Å². The third kappa shape index (κ3) is 10.4. The summed E-state index contributed by atoms with van der Waals surface area (Å²) >= 11 is 0. The monoisotopic (exact) mass is 581 g/mol. The maximum absolute atomic E-state index is 12.9. The largest absolute Gasteiger partial charge is 0.481 e. The number of ether oxygens (including phenoxy) is 3. The molecule has 1 aliphatic heterocycles. The minimum absolute atomic E-state index is 0.114. The lowest BCUT2D eigenvalue weighted by Crippen LogP contribution is -2.68. The molecule has 0 bridgehead atoms. The Bertz CT molecular complexity index is 1060. The van der Waals surface area contributed by atoms with Gasteiger partial charge in [0, 0.05) is 13.3 Å². The second-order valence-corrected chi connectivity index (χ2v) is 9.69. The summed E-state index contributed by atoms with van der Waals surface area (Å²) in [6.07, 6.45) is -4.90. The van der Waals surface area contributed by atoms with Gasteiger partial charge in [-0.15, -0.1) is 0 Å². The average Bonchev–Trinajstić information content (AvgIpc) is 2.92. The van der Waals surface area contributed by atoms with Crippen LogP contribution in [0.5, 0.6) is 0 Å². The Hall–Kier alpha value is -3.63. The minimum Gasteiger partial charge on any atom is -0.481 e. The van der Waals surface area contributed by atoms with E-state index in [4.69, 9.17) is 30.8 Å². The maximum Gasteiger partial charge on any atom is 0.303 e. The van der Waals surface area contributed by atoms with Crippen molar-refractivity contribution in [3.63, 3.8) is 0 Å². The zero-order valence-electron chi connectivity index (χ0n) is 23.1. The Balaban J connectivity index is 2.10. The number of carboxylic acids is 1. The van der Waals surface area contributed by atoms with Crippen LogP contribution in [0.3, 0.4) is 0 Å². The van der Waals surface area contributed by atoms with Gasteiger partial charge in [-0.3, -0.25) is 24.0 Å². The molecule has 4 amide bonds. The van der Waals surface area contributed by atoms with E-state index in [-0.39, 0.29) is 13.0 Å². The Morgan fingerprint density at radius 3 is 2.29 bits per heavy atom. The van der Waals surface area contributed by atoms with Gasteiger partial charge in [0.25, 0.3) is 0 Å². The van der Waals surface area contributed by atoms with Crippen molar-refractivity contribution in [1.82, 2.24) is 16.0 Å². The Morgan fingerprint density at radius 2 is 1.73 bits per heavy atom. The van der Waals surface area contributed by atoms with Crippen molar-refractivity contribution in [1.29, 1.82) is 0 Å². The van der Waals surface area contributed by atoms with Crippen LogP contribution >= 0.6 is 0 Å². The number of carbonyl (C=O) groups is 5. The second-order valence-electron chi connectivity index (χ2n) is 9.69. The van der Waals surface area contributed by atoms with Crippen LogP contribution in [0.4, 0.5) is 0 Å². The van der Waals surface area contributed by atoms with Crippen molar-refractivity contribution < 1.29 is 48.4 Å². The predicted octanol–water partition coefficient (Wildman–Crippen LogP) is -2.13. The normalized spacial score (nSPS) is 24.4. The van der Waals surface area contributed by atoms with Crippen molar-refractivity contribution in [2.75, 3.05) is 6.61 Å². The van der Waals surface area contributed by atoms with Crippen LogP contribution in [0.25, 0.3) is 0 Å². The second kappa shape index (κ2) is 16.0. The van der Waals surface area contributed by atoms with E-state index >= 15 is 0 Å². The molecule has 0 saturated carbocycles. The highest BCUT2D eigenvalue weighted by molar-refractivity contribution is 5.92. The standard InChI is InChI=1S/C26H39N5O10/c1-13(24(37)31-17(23(28)36)9-10-19(34)35)29-25(38)14(2)40-22-20(27)18(11-32)41-26(21(22)30-15(3)33)39-12-16-7-5-4-6-8-16/h4-8,13-14,17-18,20-22,26,32H,9-12,27H2,1-3H3,(H2,28,36)(H,29,38)(H,30,33)(H,31,37)(H,34,35)/t13-,14+,17+,18+,20+,21+,22-,26+/m0/s1. The number of rotatable bonds is 15. The van der Waals surface area contributed by atoms with E-state index in [9.17, 15) is 29.1 Å². The molecule has 8 atom stereocenters. The van der Waals surface area contributed by atoms with E-state index in [0.29, 0.717) is 0 Å². The molecule has 0 radical (unpaired) electrons. The molecule has 1 fully saturated rings. The molecule has 0 spiro atoms. The summed E-state index contributed by atoms with van der Waals surface area (Å²) < 4.78 is 17.7. The first kappa shape index (κ1) is 33.6. The lowest BCUT2D eigenvalue weighted by Gasteiger charge is -2.45. The quantitative estimate of drug-likeness (QED) is 0.118. The summed E-state index contributed by atoms with van der Waals surface area (Å²) in [5.41, 5.74) is 12.4. The molecule has 1 aromatic carbocycles. The van der Waals surface area contributed by atoms with Crippen molar-refractivity contribution in [3.8, 4) is 0 Å². The summed E-state index contributed by atoms with van der Waals surface area (Å²) in [5, 5.41) is 26.1. The molecule has 41 heavy (non-hydrogen) atoms. The molecule has 15 heteroatoms. The molecule has 1 heterocycles. The zero-order chi connectivity index (χ0) is 30.7. The van der Waals surface area contributed by atoms with Gasteiger partial charge in [-0.1, -0.05) is 30.3 Å². The SMILES string of the molecule is CC(=O)N[C@H]1[C@H](OCc2ccccc2)O[C@H](CO)[C@@H](N)[C@@H]1O[C@H](C)C(=O)N[C@@H](C)C(=O)N[C@H](CCC(=O)O)C(N)=O. The molecule has 2 rings (SSSR count). The third-order valence-corrected chi connectivity index (χ3v) is 6.36. The fourth-order valence-electron chi connectivity index (χ4n) is 4.12. The molecule has 1 aliphatic rings. The van der Waals surface area contributed by atoms with E-state index < -0.39 is 91.4 Å². The fourth-order valence-corrected chi connectivity index (χ4v) is 4.12. The highest BCUT2D eigenvalue weighted by Crippen LogP contribution is 2.25. The number of aliphatic carboxylic acids is 1. The summed E-state index contributed by atoms with van der Waals surface area (Å²) in [6, 6.07) is 4.84. The van der Waals surface area contributed by atoms with Crippen molar-refractivity contribution >= 4 is 29.6 Å². The first-order valence-electron chi connectivity index (χ1n) is 13.1. The van der Waals surface area contributed by atoms with Gasteiger partial charge >= 0.3 is 5.97 Å². The summed E-state index contributed by atoms with van der Waals surface area (Å²) in [5.74, 6) is -4.03. The number of nitrogens with one attached hydrogen (secondary N) is 3. The number of carbonyl (C=O) groups excluding carboxylic acids is 4.